The van der Waals surface area contributed by atoms with Gasteiger partial charge in [0.05, 0.1) is 0 Å². The highest BCUT2D eigenvalue weighted by atomic mass is 16.5. The van der Waals surface area contributed by atoms with Gasteiger partial charge in [-0.15, -0.1) is 0 Å². The van der Waals surface area contributed by atoms with E-state index in [1.165, 1.54) is 121 Å². The molecule has 6 nitrogen and oxygen atoms in total. The first-order chi connectivity index (χ1) is 66.2. The smallest absolute Gasteiger partial charge is 0.178 e. The van der Waals surface area contributed by atoms with E-state index in [1.807, 2.05) is 30.3 Å². The molecular weight excluding hydrogens is 1650 g/mol. The van der Waals surface area contributed by atoms with Crippen LogP contribution in [-0.4, -0.2) is 0 Å². The molecule has 0 fully saturated rings. The molecule has 0 aliphatic carbocycles. The topological polar surface area (TPSA) is 67.1 Å². The first-order valence-corrected chi connectivity index (χ1v) is 46.5. The van der Waals surface area contributed by atoms with Gasteiger partial charge < -0.3 is 27.5 Å². The van der Waals surface area contributed by atoms with Crippen LogP contribution in [-0.2, 0) is 16.2 Å². The molecule has 642 valence electrons. The summed E-state index contributed by atoms with van der Waals surface area (Å²) in [7, 11) is 0. The second-order valence-electron chi connectivity index (χ2n) is 37.6. The molecule has 0 bridgehead atoms. The van der Waals surface area contributed by atoms with Crippen LogP contribution in [0.4, 0.5) is 0 Å². The van der Waals surface area contributed by atoms with Crippen LogP contribution in [0.1, 0.15) is 74.9 Å². The first kappa shape index (κ1) is 80.3. The molecule has 6 heteroatoms. The molecule has 135 heavy (non-hydrogen) atoms. The summed E-state index contributed by atoms with van der Waals surface area (Å²) in [5.41, 5.74) is 32.7. The lowest BCUT2D eigenvalue weighted by Crippen LogP contribution is -2.24. The lowest BCUT2D eigenvalue weighted by molar-refractivity contribution is 0.415. The van der Waals surface area contributed by atoms with Crippen molar-refractivity contribution >= 4 is 98.1 Å². The van der Waals surface area contributed by atoms with Gasteiger partial charge in [-0.25, -0.2) is 0 Å². The molecule has 0 atom stereocenters. The molecule has 0 saturated heterocycles. The number of ether oxygens (including phenoxy) is 3. The lowest BCUT2D eigenvalue weighted by atomic mass is 9.74. The molecule has 3 aromatic heterocycles. The zero-order valence-corrected chi connectivity index (χ0v) is 75.5. The molecule has 3 aliphatic heterocycles. The van der Waals surface area contributed by atoms with Crippen LogP contribution < -0.4 is 14.2 Å². The summed E-state index contributed by atoms with van der Waals surface area (Å²) in [6, 6.07) is 156. The van der Waals surface area contributed by atoms with E-state index < -0.39 is 0 Å². The van der Waals surface area contributed by atoms with Crippen molar-refractivity contribution in [2.24, 2.45) is 0 Å². The van der Waals surface area contributed by atoms with E-state index >= 15 is 0 Å². The van der Waals surface area contributed by atoms with Gasteiger partial charge in [-0.2, -0.15) is 0 Å². The van der Waals surface area contributed by atoms with E-state index in [4.69, 9.17) is 27.5 Å². The van der Waals surface area contributed by atoms with E-state index in [0.29, 0.717) is 0 Å². The molecule has 21 aromatic carbocycles. The molecule has 0 radical (unpaired) electrons. The number of hydrogen-bond acceptors (Lipinski definition) is 6. The molecule has 0 saturated carbocycles. The van der Waals surface area contributed by atoms with E-state index in [-0.39, 0.29) is 16.2 Å². The number of para-hydroxylation sites is 2. The van der Waals surface area contributed by atoms with Crippen molar-refractivity contribution < 1.29 is 27.5 Å². The van der Waals surface area contributed by atoms with Crippen LogP contribution in [0.15, 0.2) is 450 Å². The average molecular weight is 1740 g/mol. The summed E-state index contributed by atoms with van der Waals surface area (Å²) in [5, 5.41) is 14.0. The largest absolute Gasteiger partial charge is 0.453 e. The molecule has 0 amide bonds. The second kappa shape index (κ2) is 31.8. The minimum atomic E-state index is -0.292. The van der Waals surface area contributed by atoms with Crippen molar-refractivity contribution in [3.63, 3.8) is 0 Å². The fourth-order valence-electron chi connectivity index (χ4n) is 21.5. The minimum Gasteiger partial charge on any atom is -0.453 e. The number of hydrogen-bond donors (Lipinski definition) is 0. The molecule has 3 aliphatic rings. The summed E-state index contributed by atoms with van der Waals surface area (Å²) in [6.07, 6.45) is 0. The average Bonchev–Trinajstić information content (AvgIpc) is 1.71. The normalized spacial score (nSPS) is 13.5. The Bertz CT molecular complexity index is 8820. The third-order valence-corrected chi connectivity index (χ3v) is 28.6. The lowest BCUT2D eigenvalue weighted by Gasteiger charge is -2.34. The Labute approximate surface area is 782 Å². The SMILES string of the molecule is CC1(C)c2cc(-c3cc(-c4ccccc4)cc(-c4ccc(-c5ccccc5)cc4)c3)ccc2Oc2c1ccc1c2oc2ccccc21.CC1(C)c2ccc(-c3c4ccccc4c(-c4ccccc4)c4ccccc34)cc2Oc2c1ccc1c2oc2ccccc21.CC1(C)c2ccc(-c3cccc4ccccc34)cc2Oc2c1ccc1c2oc2ccc(-c3ccc(-c4ccccc4)cc3)cc21. The molecule has 24 aromatic rings. The van der Waals surface area contributed by atoms with Crippen LogP contribution in [0.25, 0.3) is 198 Å². The van der Waals surface area contributed by atoms with E-state index in [2.05, 4.69) is 448 Å². The van der Waals surface area contributed by atoms with Crippen LogP contribution in [0.2, 0.25) is 0 Å². The van der Waals surface area contributed by atoms with Crippen molar-refractivity contribution in [1.82, 2.24) is 0 Å². The fourth-order valence-corrected chi connectivity index (χ4v) is 21.5. The Morgan fingerprint density at radius 3 is 0.963 bits per heavy atom. The highest BCUT2D eigenvalue weighted by Crippen LogP contribution is 2.58. The van der Waals surface area contributed by atoms with Gasteiger partial charge in [0, 0.05) is 81.9 Å². The maximum absolute atomic E-state index is 6.84. The number of benzene rings is 21. The molecular formula is C129H90O6. The van der Waals surface area contributed by atoms with Gasteiger partial charge in [0.25, 0.3) is 0 Å². The third-order valence-electron chi connectivity index (χ3n) is 28.6. The molecule has 0 N–H and O–H groups in total. The summed E-state index contributed by atoms with van der Waals surface area (Å²) >= 11 is 0. The first-order valence-electron chi connectivity index (χ1n) is 46.5. The standard InChI is InChI=1S/C45H32O2.C43H30O2.C41H28O2/c1-45(2)39-23-22-38-37-15-9-10-16-41(37)46-43(38)44(39)47-42-24-21-33(28-40(42)45)36-26-34(30-13-7-4-8-14-30)25-35(27-36)32-19-17-31(18-20-32)29-11-5-3-6-12-29;1-43(2)37-22-19-32(34-14-8-12-30-11-6-7-13-33(30)34)26-40(37)45-42-38(43)23-21-35-36-25-31(20-24-39(36)44-41(35)42)29-17-15-28(16-18-29)27-9-4-3-5-10-27;1-41(2)33-22-20-26(24-36(33)43-40-34(41)23-21-32-27-14-10-11-19-35(27)42-39(32)40)38-30-17-8-6-15-28(30)37(25-12-4-3-5-13-25)29-16-7-9-18-31(29)38/h3-28H,1-2H3;3-26H,1-2H3;3-24H,1-2H3. The van der Waals surface area contributed by atoms with Crippen LogP contribution in [0.5, 0.6) is 34.5 Å². The quantitative estimate of drug-likeness (QED) is 0.134. The predicted molar refractivity (Wildman–Crippen MR) is 559 cm³/mol. The second-order valence-corrected chi connectivity index (χ2v) is 37.6. The number of fused-ring (bicyclic) bond motifs is 21. The van der Waals surface area contributed by atoms with Crippen molar-refractivity contribution in [3.8, 4) is 135 Å². The van der Waals surface area contributed by atoms with Gasteiger partial charge in [-0.05, 0) is 217 Å². The van der Waals surface area contributed by atoms with Gasteiger partial charge in [0.15, 0.2) is 34.0 Å². The van der Waals surface area contributed by atoms with Crippen molar-refractivity contribution in [2.75, 3.05) is 0 Å². The van der Waals surface area contributed by atoms with E-state index in [0.717, 1.165) is 145 Å². The zero-order chi connectivity index (χ0) is 90.4. The predicted octanol–water partition coefficient (Wildman–Crippen LogP) is 36.5. The Kier molecular flexibility index (Phi) is 18.9. The Morgan fingerprint density at radius 1 is 0.163 bits per heavy atom. The van der Waals surface area contributed by atoms with Gasteiger partial charge in [-0.3, -0.25) is 0 Å². The highest BCUT2D eigenvalue weighted by molar-refractivity contribution is 6.22. The highest BCUT2D eigenvalue weighted by Gasteiger charge is 2.41. The monoisotopic (exact) mass is 1730 g/mol. The fraction of sp³-hybridized carbons (Fsp3) is 0.0698. The van der Waals surface area contributed by atoms with E-state index in [1.54, 1.807) is 0 Å². The zero-order valence-electron chi connectivity index (χ0n) is 75.5. The van der Waals surface area contributed by atoms with E-state index in [9.17, 15) is 0 Å². The minimum absolute atomic E-state index is 0.251. The van der Waals surface area contributed by atoms with Crippen molar-refractivity contribution in [1.29, 1.82) is 0 Å². The van der Waals surface area contributed by atoms with Crippen molar-refractivity contribution in [2.45, 2.75) is 57.8 Å². The Morgan fingerprint density at radius 2 is 0.474 bits per heavy atom. The van der Waals surface area contributed by atoms with Gasteiger partial charge >= 0.3 is 0 Å². The Balaban J connectivity index is 0.000000108. The third kappa shape index (κ3) is 13.5. The summed E-state index contributed by atoms with van der Waals surface area (Å²) < 4.78 is 39.7. The maximum atomic E-state index is 6.84. The van der Waals surface area contributed by atoms with Crippen LogP contribution in [0, 0.1) is 0 Å². The van der Waals surface area contributed by atoms with Gasteiger partial charge in [0.1, 0.15) is 34.0 Å². The maximum Gasteiger partial charge on any atom is 0.178 e. The summed E-state index contributed by atoms with van der Waals surface area (Å²) in [5.74, 6) is 5.07. The van der Waals surface area contributed by atoms with Crippen LogP contribution >= 0.6 is 0 Å². The molecule has 0 spiro atoms. The molecule has 6 heterocycles. The van der Waals surface area contributed by atoms with Gasteiger partial charge in [-0.1, -0.05) is 393 Å². The molecule has 0 unspecified atom stereocenters. The van der Waals surface area contributed by atoms with Crippen molar-refractivity contribution in [3.05, 3.63) is 470 Å². The van der Waals surface area contributed by atoms with Crippen LogP contribution in [0.3, 0.4) is 0 Å². The van der Waals surface area contributed by atoms with Gasteiger partial charge in [0.2, 0.25) is 0 Å². The molecule has 27 rings (SSSR count). The number of rotatable bonds is 9. The summed E-state index contributed by atoms with van der Waals surface area (Å²) in [4.78, 5) is 0. The number of furan rings is 3. The summed E-state index contributed by atoms with van der Waals surface area (Å²) in [6.45, 7) is 13.7. The Hall–Kier alpha value is -16.8.